The number of carbonyl (C=O) groups is 4. The Morgan fingerprint density at radius 3 is 1.29 bits per heavy atom. The predicted octanol–water partition coefficient (Wildman–Crippen LogP) is -1.76. The summed E-state index contributed by atoms with van der Waals surface area (Å²) in [6, 6.07) is -3.28. The fourth-order valence-corrected chi connectivity index (χ4v) is 2.88. The molecule has 1 aliphatic rings. The summed E-state index contributed by atoms with van der Waals surface area (Å²) in [6.07, 6.45) is 3.52. The third kappa shape index (κ3) is 7.81. The van der Waals surface area contributed by atoms with E-state index >= 15 is 0 Å². The highest BCUT2D eigenvalue weighted by Crippen LogP contribution is 2.06. The summed E-state index contributed by atoms with van der Waals surface area (Å²) in [4.78, 5) is 50.0. The quantitative estimate of drug-likeness (QED) is 0.265. The first kappa shape index (κ1) is 23.8. The minimum atomic E-state index is -0.844. The van der Waals surface area contributed by atoms with E-state index in [0.717, 1.165) is 0 Å². The van der Waals surface area contributed by atoms with Crippen molar-refractivity contribution in [2.75, 3.05) is 13.1 Å². The van der Waals surface area contributed by atoms with Crippen LogP contribution in [0.5, 0.6) is 0 Å². The molecule has 1 aliphatic heterocycles. The normalized spacial score (nSPS) is 27.0. The highest BCUT2D eigenvalue weighted by Gasteiger charge is 2.30. The molecule has 0 saturated carbocycles. The number of rotatable bonds is 8. The van der Waals surface area contributed by atoms with E-state index in [1.54, 1.807) is 0 Å². The standard InChI is InChI=1S/C18H34N6O4/c1-11-15(25)23-14(8-4-6-10-20)18(28)22-12(2)16(26)24-13(17(27)21-11)7-3-5-9-19/h11-14H,3-10,19-20H2,1-2H3,(H,21,27)(H,22,28)(H,23,25)(H,24,26)/t11-,12-,13+,14+/m1/s1. The second-order valence-corrected chi connectivity index (χ2v) is 7.15. The van der Waals surface area contributed by atoms with Crippen LogP contribution in [0.25, 0.3) is 0 Å². The first-order chi connectivity index (χ1) is 13.3. The maximum absolute atomic E-state index is 12.6. The molecule has 0 bridgehead atoms. The lowest BCUT2D eigenvalue weighted by Gasteiger charge is -2.27. The molecule has 0 radical (unpaired) electrons. The molecule has 160 valence electrons. The zero-order valence-electron chi connectivity index (χ0n) is 16.8. The third-order valence-electron chi connectivity index (χ3n) is 4.66. The smallest absolute Gasteiger partial charge is 0.243 e. The maximum atomic E-state index is 12.6. The van der Waals surface area contributed by atoms with Gasteiger partial charge in [-0.05, 0) is 65.5 Å². The Kier molecular flexibility index (Phi) is 10.5. The largest absolute Gasteiger partial charge is 0.343 e. The van der Waals surface area contributed by atoms with E-state index in [1.807, 2.05) is 0 Å². The van der Waals surface area contributed by atoms with E-state index in [9.17, 15) is 19.2 Å². The molecule has 1 fully saturated rings. The van der Waals surface area contributed by atoms with Gasteiger partial charge in [0, 0.05) is 0 Å². The van der Waals surface area contributed by atoms with Gasteiger partial charge in [-0.25, -0.2) is 0 Å². The van der Waals surface area contributed by atoms with Gasteiger partial charge in [0.1, 0.15) is 24.2 Å². The fourth-order valence-electron chi connectivity index (χ4n) is 2.88. The Labute approximate surface area is 165 Å². The van der Waals surface area contributed by atoms with Gasteiger partial charge in [-0.15, -0.1) is 0 Å². The number of hydrogen-bond acceptors (Lipinski definition) is 6. The Bertz CT molecular complexity index is 508. The molecule has 28 heavy (non-hydrogen) atoms. The molecule has 0 aromatic rings. The Hall–Kier alpha value is -2.20. The monoisotopic (exact) mass is 398 g/mol. The summed E-state index contributed by atoms with van der Waals surface area (Å²) in [6.45, 7) is 4.04. The van der Waals surface area contributed by atoms with Crippen LogP contribution in [0.1, 0.15) is 52.4 Å². The van der Waals surface area contributed by atoms with E-state index in [0.29, 0.717) is 51.6 Å². The van der Waals surface area contributed by atoms with Crippen molar-refractivity contribution in [3.63, 3.8) is 0 Å². The molecule has 8 N–H and O–H groups in total. The van der Waals surface area contributed by atoms with Gasteiger partial charge >= 0.3 is 0 Å². The number of nitrogens with two attached hydrogens (primary N) is 2. The lowest BCUT2D eigenvalue weighted by Crippen LogP contribution is -2.60. The van der Waals surface area contributed by atoms with Crippen LogP contribution >= 0.6 is 0 Å². The average molecular weight is 399 g/mol. The molecule has 1 rings (SSSR count). The molecule has 10 heteroatoms. The Morgan fingerprint density at radius 1 is 0.607 bits per heavy atom. The first-order valence-electron chi connectivity index (χ1n) is 9.91. The van der Waals surface area contributed by atoms with Crippen LogP contribution in [-0.2, 0) is 19.2 Å². The van der Waals surface area contributed by atoms with Crippen LogP contribution in [0.15, 0.2) is 0 Å². The molecule has 1 saturated heterocycles. The van der Waals surface area contributed by atoms with Crippen molar-refractivity contribution in [3.8, 4) is 0 Å². The molecule has 0 unspecified atom stereocenters. The number of hydrogen-bond donors (Lipinski definition) is 6. The molecule has 0 aromatic carbocycles. The summed E-state index contributed by atoms with van der Waals surface area (Å²) in [5.74, 6) is -1.79. The second kappa shape index (κ2) is 12.3. The molecule has 10 nitrogen and oxygen atoms in total. The van der Waals surface area contributed by atoms with Crippen LogP contribution in [-0.4, -0.2) is 60.9 Å². The molecule has 0 spiro atoms. The topological polar surface area (TPSA) is 168 Å². The second-order valence-electron chi connectivity index (χ2n) is 7.15. The van der Waals surface area contributed by atoms with E-state index in [-0.39, 0.29) is 0 Å². The lowest BCUT2D eigenvalue weighted by molar-refractivity contribution is -0.136. The van der Waals surface area contributed by atoms with Crippen molar-refractivity contribution in [3.05, 3.63) is 0 Å². The van der Waals surface area contributed by atoms with Crippen molar-refractivity contribution in [2.45, 2.75) is 76.5 Å². The summed E-state index contributed by atoms with van der Waals surface area (Å²) in [7, 11) is 0. The van der Waals surface area contributed by atoms with Crippen molar-refractivity contribution in [2.24, 2.45) is 11.5 Å². The van der Waals surface area contributed by atoms with Crippen LogP contribution in [0.4, 0.5) is 0 Å². The summed E-state index contributed by atoms with van der Waals surface area (Å²) >= 11 is 0. The molecule has 4 amide bonds. The number of unbranched alkanes of at least 4 members (excludes halogenated alkanes) is 2. The van der Waals surface area contributed by atoms with Crippen LogP contribution in [0.2, 0.25) is 0 Å². The van der Waals surface area contributed by atoms with E-state index in [1.165, 1.54) is 13.8 Å². The third-order valence-corrected chi connectivity index (χ3v) is 4.66. The average Bonchev–Trinajstić information content (AvgIpc) is 2.65. The summed E-state index contributed by atoms with van der Waals surface area (Å²) in [5, 5.41) is 10.6. The van der Waals surface area contributed by atoms with Crippen molar-refractivity contribution in [1.82, 2.24) is 21.3 Å². The van der Waals surface area contributed by atoms with Crippen molar-refractivity contribution >= 4 is 23.6 Å². The highest BCUT2D eigenvalue weighted by atomic mass is 16.2. The Morgan fingerprint density at radius 2 is 0.964 bits per heavy atom. The van der Waals surface area contributed by atoms with Gasteiger partial charge in [-0.2, -0.15) is 0 Å². The number of nitrogens with one attached hydrogen (secondary N) is 4. The first-order valence-corrected chi connectivity index (χ1v) is 9.91. The van der Waals surface area contributed by atoms with Crippen LogP contribution in [0, 0.1) is 0 Å². The minimum Gasteiger partial charge on any atom is -0.343 e. The van der Waals surface area contributed by atoms with Gasteiger partial charge in [0.05, 0.1) is 0 Å². The van der Waals surface area contributed by atoms with Crippen molar-refractivity contribution in [1.29, 1.82) is 0 Å². The molecule has 0 aromatic heterocycles. The van der Waals surface area contributed by atoms with Gasteiger partial charge in [-0.1, -0.05) is 0 Å². The molecular weight excluding hydrogens is 364 g/mol. The number of amides is 4. The SMILES string of the molecule is C[C@H]1NC(=O)[C@H](CCCCN)NC(=O)[C@@H](C)NC(=O)[C@H](CCCCN)NC1=O. The van der Waals surface area contributed by atoms with Gasteiger partial charge in [-0.3, -0.25) is 19.2 Å². The fraction of sp³-hybridized carbons (Fsp3) is 0.778. The summed E-state index contributed by atoms with van der Waals surface area (Å²) < 4.78 is 0. The van der Waals surface area contributed by atoms with E-state index in [2.05, 4.69) is 21.3 Å². The van der Waals surface area contributed by atoms with E-state index < -0.39 is 47.8 Å². The van der Waals surface area contributed by atoms with Crippen LogP contribution < -0.4 is 32.7 Å². The minimum absolute atomic E-state index is 0.394. The highest BCUT2D eigenvalue weighted by molar-refractivity contribution is 5.97. The van der Waals surface area contributed by atoms with Crippen LogP contribution in [0.3, 0.4) is 0 Å². The van der Waals surface area contributed by atoms with Gasteiger partial charge in [0.15, 0.2) is 0 Å². The molecule has 4 atom stereocenters. The number of carbonyl (C=O) groups excluding carboxylic acids is 4. The zero-order valence-corrected chi connectivity index (χ0v) is 16.8. The maximum Gasteiger partial charge on any atom is 0.243 e. The van der Waals surface area contributed by atoms with Gasteiger partial charge in [0.2, 0.25) is 23.6 Å². The summed E-state index contributed by atoms with van der Waals surface area (Å²) in [5.41, 5.74) is 11.0. The Balaban J connectivity index is 2.95. The predicted molar refractivity (Wildman–Crippen MR) is 105 cm³/mol. The molecule has 1 heterocycles. The van der Waals surface area contributed by atoms with Gasteiger partial charge < -0.3 is 32.7 Å². The molecular formula is C18H34N6O4. The van der Waals surface area contributed by atoms with Gasteiger partial charge in [0.25, 0.3) is 0 Å². The zero-order chi connectivity index (χ0) is 21.1. The lowest BCUT2D eigenvalue weighted by atomic mass is 10.1. The van der Waals surface area contributed by atoms with E-state index in [4.69, 9.17) is 11.5 Å². The molecule has 0 aliphatic carbocycles. The van der Waals surface area contributed by atoms with Crippen molar-refractivity contribution < 1.29 is 19.2 Å².